The van der Waals surface area contributed by atoms with Gasteiger partial charge in [0.2, 0.25) is 15.9 Å². The average Bonchev–Trinajstić information content (AvgIpc) is 2.73. The summed E-state index contributed by atoms with van der Waals surface area (Å²) in [5, 5.41) is 4.02. The summed E-state index contributed by atoms with van der Waals surface area (Å²) in [6.45, 7) is 2.44. The number of amides is 1. The lowest BCUT2D eigenvalue weighted by atomic mass is 9.97. The molecule has 0 atom stereocenters. The van der Waals surface area contributed by atoms with Crippen LogP contribution in [0.2, 0.25) is 10.0 Å². The highest BCUT2D eigenvalue weighted by Gasteiger charge is 2.32. The van der Waals surface area contributed by atoms with Crippen molar-refractivity contribution < 1.29 is 18.0 Å². The molecule has 166 valence electrons. The van der Waals surface area contributed by atoms with Gasteiger partial charge in [-0.1, -0.05) is 35.3 Å². The zero-order valence-corrected chi connectivity index (χ0v) is 19.4. The number of sulfonamides is 1. The van der Waals surface area contributed by atoms with E-state index in [2.05, 4.69) is 5.32 Å². The number of nitrogens with one attached hydrogen (secondary N) is 1. The smallest absolute Gasteiger partial charge is 0.243 e. The summed E-state index contributed by atoms with van der Waals surface area (Å²) < 4.78 is 27.1. The molecule has 1 saturated heterocycles. The molecule has 1 amide bonds. The molecule has 3 rings (SSSR count). The summed E-state index contributed by atoms with van der Waals surface area (Å²) >= 11 is 12.0. The van der Waals surface area contributed by atoms with Crippen molar-refractivity contribution in [3.05, 3.63) is 63.6 Å². The molecule has 0 aromatic heterocycles. The van der Waals surface area contributed by atoms with E-state index in [1.165, 1.54) is 35.5 Å². The third-order valence-electron chi connectivity index (χ3n) is 5.36. The zero-order chi connectivity index (χ0) is 22.6. The van der Waals surface area contributed by atoms with Gasteiger partial charge in [0.1, 0.15) is 0 Å². The van der Waals surface area contributed by atoms with E-state index in [4.69, 9.17) is 23.2 Å². The first kappa shape index (κ1) is 23.7. The summed E-state index contributed by atoms with van der Waals surface area (Å²) in [6, 6.07) is 11.2. The van der Waals surface area contributed by atoms with Crippen molar-refractivity contribution >= 4 is 44.9 Å². The number of Topliss-reactive ketones (excluding diaryl/α,β-unsaturated/α-hetero) is 1. The Hall–Kier alpha value is -1.93. The quantitative estimate of drug-likeness (QED) is 0.605. The molecular weight excluding hydrogens is 459 g/mol. The van der Waals surface area contributed by atoms with Crippen LogP contribution in [0.15, 0.2) is 47.4 Å². The van der Waals surface area contributed by atoms with Crippen molar-refractivity contribution in [3.63, 3.8) is 0 Å². The summed E-state index contributed by atoms with van der Waals surface area (Å²) in [7, 11) is -3.65. The van der Waals surface area contributed by atoms with Crippen LogP contribution in [0.25, 0.3) is 0 Å². The van der Waals surface area contributed by atoms with Crippen molar-refractivity contribution in [2.45, 2.75) is 31.1 Å². The van der Waals surface area contributed by atoms with Crippen LogP contribution in [0.4, 0.5) is 0 Å². The number of carbonyl (C=O) groups is 2. The molecule has 1 heterocycles. The molecule has 1 aliphatic heterocycles. The molecule has 1 N–H and O–H groups in total. The second-order valence-corrected chi connectivity index (χ2v) is 10.4. The summed E-state index contributed by atoms with van der Waals surface area (Å²) in [6.07, 6.45) is 1.52. The standard InChI is InChI=1S/C22H24Cl2N2O4S/c1-15(27)17-2-4-21(5-3-17)31(29,30)26-10-7-18(8-11-26)22(28)25-9-6-16-12-19(23)14-20(24)13-16/h2-5,12-14,18H,6-11H2,1H3,(H,25,28). The minimum atomic E-state index is -3.65. The summed E-state index contributed by atoms with van der Waals surface area (Å²) in [5.41, 5.74) is 1.41. The molecular formula is C22H24Cl2N2O4S. The normalized spacial score (nSPS) is 15.6. The molecule has 0 aliphatic carbocycles. The van der Waals surface area contributed by atoms with E-state index in [1.807, 2.05) is 12.1 Å². The van der Waals surface area contributed by atoms with Gasteiger partial charge in [-0.3, -0.25) is 9.59 Å². The lowest BCUT2D eigenvalue weighted by Gasteiger charge is -2.30. The molecule has 0 bridgehead atoms. The molecule has 1 aliphatic rings. The Morgan fingerprint density at radius 3 is 2.16 bits per heavy atom. The van der Waals surface area contributed by atoms with Gasteiger partial charge in [-0.2, -0.15) is 4.31 Å². The number of nitrogens with zero attached hydrogens (tertiary/aromatic N) is 1. The van der Waals surface area contributed by atoms with E-state index >= 15 is 0 Å². The number of hydrogen-bond acceptors (Lipinski definition) is 4. The van der Waals surface area contributed by atoms with E-state index in [-0.39, 0.29) is 35.6 Å². The molecule has 6 nitrogen and oxygen atoms in total. The second kappa shape index (κ2) is 10.1. The van der Waals surface area contributed by atoms with E-state index < -0.39 is 10.0 Å². The zero-order valence-electron chi connectivity index (χ0n) is 17.1. The van der Waals surface area contributed by atoms with Crippen LogP contribution in [-0.2, 0) is 21.2 Å². The number of benzene rings is 2. The van der Waals surface area contributed by atoms with Gasteiger partial charge in [0.15, 0.2) is 5.78 Å². The van der Waals surface area contributed by atoms with Gasteiger partial charge in [-0.05, 0) is 62.1 Å². The van der Waals surface area contributed by atoms with Gasteiger partial charge in [0, 0.05) is 41.2 Å². The maximum Gasteiger partial charge on any atom is 0.243 e. The SMILES string of the molecule is CC(=O)c1ccc(S(=O)(=O)N2CCC(C(=O)NCCc3cc(Cl)cc(Cl)c3)CC2)cc1. The molecule has 31 heavy (non-hydrogen) atoms. The molecule has 0 spiro atoms. The highest BCUT2D eigenvalue weighted by molar-refractivity contribution is 7.89. The topological polar surface area (TPSA) is 83.6 Å². The predicted octanol–water partition coefficient (Wildman–Crippen LogP) is 3.96. The Morgan fingerprint density at radius 1 is 1.03 bits per heavy atom. The van der Waals surface area contributed by atoms with Gasteiger partial charge in [0.25, 0.3) is 0 Å². The first-order chi connectivity index (χ1) is 14.7. The first-order valence-corrected chi connectivity index (χ1v) is 12.2. The van der Waals surface area contributed by atoms with E-state index in [1.54, 1.807) is 6.07 Å². The van der Waals surface area contributed by atoms with Crippen LogP contribution in [-0.4, -0.2) is 44.0 Å². The highest BCUT2D eigenvalue weighted by Crippen LogP contribution is 2.24. The minimum absolute atomic E-state index is 0.0732. The fourth-order valence-corrected chi connectivity index (χ4v) is 5.64. The van der Waals surface area contributed by atoms with Crippen LogP contribution in [0.3, 0.4) is 0 Å². The Kier molecular flexibility index (Phi) is 7.75. The van der Waals surface area contributed by atoms with E-state index in [9.17, 15) is 18.0 Å². The summed E-state index contributed by atoms with van der Waals surface area (Å²) in [4.78, 5) is 24.0. The van der Waals surface area contributed by atoms with Crippen molar-refractivity contribution in [1.82, 2.24) is 9.62 Å². The van der Waals surface area contributed by atoms with Gasteiger partial charge in [-0.15, -0.1) is 0 Å². The number of piperidine rings is 1. The molecule has 1 fully saturated rings. The van der Waals surface area contributed by atoms with Crippen LogP contribution in [0.5, 0.6) is 0 Å². The van der Waals surface area contributed by atoms with Crippen LogP contribution in [0.1, 0.15) is 35.7 Å². The van der Waals surface area contributed by atoms with E-state index in [0.717, 1.165) is 5.56 Å². The van der Waals surface area contributed by atoms with Crippen molar-refractivity contribution in [2.24, 2.45) is 5.92 Å². The molecule has 9 heteroatoms. The van der Waals surface area contributed by atoms with Crippen molar-refractivity contribution in [1.29, 1.82) is 0 Å². The van der Waals surface area contributed by atoms with Crippen LogP contribution in [0, 0.1) is 5.92 Å². The molecule has 0 unspecified atom stereocenters. The second-order valence-electron chi connectivity index (χ2n) is 7.58. The Bertz CT molecular complexity index is 1040. The number of carbonyl (C=O) groups excluding carboxylic acids is 2. The lowest BCUT2D eigenvalue weighted by Crippen LogP contribution is -2.43. The fraction of sp³-hybridized carbons (Fsp3) is 0.364. The number of rotatable bonds is 7. The number of ketones is 1. The lowest BCUT2D eigenvalue weighted by molar-refractivity contribution is -0.126. The van der Waals surface area contributed by atoms with Gasteiger partial charge in [0.05, 0.1) is 4.90 Å². The highest BCUT2D eigenvalue weighted by atomic mass is 35.5. The molecule has 2 aromatic carbocycles. The largest absolute Gasteiger partial charge is 0.356 e. The molecule has 0 saturated carbocycles. The Balaban J connectivity index is 1.51. The van der Waals surface area contributed by atoms with Crippen molar-refractivity contribution in [3.8, 4) is 0 Å². The summed E-state index contributed by atoms with van der Waals surface area (Å²) in [5.74, 6) is -0.417. The minimum Gasteiger partial charge on any atom is -0.356 e. The number of hydrogen-bond donors (Lipinski definition) is 1. The first-order valence-electron chi connectivity index (χ1n) is 10.0. The monoisotopic (exact) mass is 482 g/mol. The van der Waals surface area contributed by atoms with Crippen LogP contribution >= 0.6 is 23.2 Å². The Morgan fingerprint density at radius 2 is 1.61 bits per heavy atom. The third kappa shape index (κ3) is 6.07. The predicted molar refractivity (Wildman–Crippen MR) is 121 cm³/mol. The maximum absolute atomic E-state index is 12.8. The van der Waals surface area contributed by atoms with Crippen LogP contribution < -0.4 is 5.32 Å². The van der Waals surface area contributed by atoms with Gasteiger partial charge in [-0.25, -0.2) is 8.42 Å². The van der Waals surface area contributed by atoms with Crippen molar-refractivity contribution in [2.75, 3.05) is 19.6 Å². The number of halogens is 2. The van der Waals surface area contributed by atoms with Gasteiger partial charge >= 0.3 is 0 Å². The van der Waals surface area contributed by atoms with Gasteiger partial charge < -0.3 is 5.32 Å². The maximum atomic E-state index is 12.8. The molecule has 2 aromatic rings. The molecule has 0 radical (unpaired) electrons. The fourth-order valence-electron chi connectivity index (χ4n) is 3.60. The Labute approximate surface area is 192 Å². The third-order valence-corrected chi connectivity index (χ3v) is 7.71. The average molecular weight is 483 g/mol. The van der Waals surface area contributed by atoms with E-state index in [0.29, 0.717) is 41.4 Å².